The zero-order valence-corrected chi connectivity index (χ0v) is 15.8. The molecule has 28 heavy (non-hydrogen) atoms. The Morgan fingerprint density at radius 2 is 2.14 bits per heavy atom. The van der Waals surface area contributed by atoms with Crippen molar-refractivity contribution in [2.24, 2.45) is 0 Å². The van der Waals surface area contributed by atoms with Gasteiger partial charge in [-0.2, -0.15) is 0 Å². The summed E-state index contributed by atoms with van der Waals surface area (Å²) in [6, 6.07) is 6.30. The molecule has 2 aromatic rings. The molecule has 1 aliphatic rings. The number of nitrogens with one attached hydrogen (secondary N) is 1. The molecule has 3 rings (SSSR count). The highest BCUT2D eigenvalue weighted by Gasteiger charge is 2.28. The summed E-state index contributed by atoms with van der Waals surface area (Å²) in [7, 11) is -3.82. The predicted octanol–water partition coefficient (Wildman–Crippen LogP) is 0.898. The molecule has 2 heterocycles. The van der Waals surface area contributed by atoms with E-state index < -0.39 is 32.4 Å². The van der Waals surface area contributed by atoms with Crippen LogP contribution in [0.15, 0.2) is 35.3 Å². The van der Waals surface area contributed by atoms with Crippen LogP contribution in [0, 0.1) is 5.82 Å². The van der Waals surface area contributed by atoms with Crippen molar-refractivity contribution in [3.8, 4) is 16.9 Å². The lowest BCUT2D eigenvalue weighted by atomic mass is 10.0. The van der Waals surface area contributed by atoms with E-state index in [4.69, 9.17) is 9.94 Å². The van der Waals surface area contributed by atoms with Gasteiger partial charge < -0.3 is 9.30 Å². The molecule has 1 aliphatic heterocycles. The van der Waals surface area contributed by atoms with Crippen LogP contribution in [0.25, 0.3) is 11.1 Å². The number of halogens is 1. The molecule has 8 nitrogen and oxygen atoms in total. The van der Waals surface area contributed by atoms with Crippen molar-refractivity contribution in [2.45, 2.75) is 24.6 Å². The minimum atomic E-state index is -3.82. The summed E-state index contributed by atoms with van der Waals surface area (Å²) in [5.74, 6) is -1.01. The summed E-state index contributed by atoms with van der Waals surface area (Å²) in [6.07, 6.45) is 2.25. The Morgan fingerprint density at radius 3 is 2.82 bits per heavy atom. The van der Waals surface area contributed by atoms with Gasteiger partial charge in [0.1, 0.15) is 16.8 Å². The SMILES string of the molecule is CS(=O)(=O)C(CCn1cc(F)c(-c2ccc3c(c2)CCO3)cc1=O)C(=O)NO. The second-order valence-electron chi connectivity index (χ2n) is 6.57. The fourth-order valence-electron chi connectivity index (χ4n) is 3.16. The Kier molecular flexibility index (Phi) is 5.52. The number of ether oxygens (including phenoxy) is 1. The number of nitrogens with zero attached hydrogens (tertiary/aromatic N) is 1. The van der Waals surface area contributed by atoms with Gasteiger partial charge in [0.05, 0.1) is 6.61 Å². The first-order chi connectivity index (χ1) is 13.2. The van der Waals surface area contributed by atoms with Crippen molar-refractivity contribution < 1.29 is 27.5 Å². The number of amides is 1. The highest BCUT2D eigenvalue weighted by atomic mass is 32.2. The molecule has 0 fully saturated rings. The van der Waals surface area contributed by atoms with Crippen molar-refractivity contribution in [1.29, 1.82) is 0 Å². The second-order valence-corrected chi connectivity index (χ2v) is 8.80. The minimum Gasteiger partial charge on any atom is -0.493 e. The fourth-order valence-corrected chi connectivity index (χ4v) is 4.14. The van der Waals surface area contributed by atoms with Crippen LogP contribution in [0.5, 0.6) is 5.75 Å². The van der Waals surface area contributed by atoms with Crippen LogP contribution in [0.3, 0.4) is 0 Å². The average Bonchev–Trinajstić information content (AvgIpc) is 3.10. The van der Waals surface area contributed by atoms with E-state index in [9.17, 15) is 22.4 Å². The van der Waals surface area contributed by atoms with Gasteiger partial charge >= 0.3 is 0 Å². The van der Waals surface area contributed by atoms with E-state index in [2.05, 4.69) is 0 Å². The molecule has 0 radical (unpaired) electrons. The first-order valence-corrected chi connectivity index (χ1v) is 10.4. The molecule has 1 unspecified atom stereocenters. The number of hydrogen-bond acceptors (Lipinski definition) is 6. The molecule has 0 bridgehead atoms. The molecule has 0 saturated carbocycles. The summed E-state index contributed by atoms with van der Waals surface area (Å²) in [6.45, 7) is 0.352. The van der Waals surface area contributed by atoms with Gasteiger partial charge in [-0.1, -0.05) is 6.07 Å². The van der Waals surface area contributed by atoms with Crippen LogP contribution in [0.2, 0.25) is 0 Å². The number of benzene rings is 1. The third-order valence-electron chi connectivity index (χ3n) is 4.63. The average molecular weight is 410 g/mol. The molecular weight excluding hydrogens is 391 g/mol. The Balaban J connectivity index is 1.86. The predicted molar refractivity (Wildman–Crippen MR) is 98.5 cm³/mol. The summed E-state index contributed by atoms with van der Waals surface area (Å²) >= 11 is 0. The lowest BCUT2D eigenvalue weighted by Gasteiger charge is -2.14. The number of hydroxylamine groups is 1. The molecular formula is C18H19FN2O6S. The normalized spacial score (nSPS) is 14.2. The smallest absolute Gasteiger partial charge is 0.261 e. The van der Waals surface area contributed by atoms with Gasteiger partial charge in [-0.15, -0.1) is 0 Å². The number of aryl methyl sites for hydroxylation is 1. The van der Waals surface area contributed by atoms with Crippen LogP contribution in [-0.2, 0) is 27.6 Å². The van der Waals surface area contributed by atoms with E-state index in [1.54, 1.807) is 18.2 Å². The number of rotatable bonds is 6. The van der Waals surface area contributed by atoms with Crippen molar-refractivity contribution in [3.05, 3.63) is 52.2 Å². The van der Waals surface area contributed by atoms with E-state index in [0.29, 0.717) is 18.6 Å². The Morgan fingerprint density at radius 1 is 1.39 bits per heavy atom. The maximum atomic E-state index is 14.6. The van der Waals surface area contributed by atoms with Gasteiger partial charge in [-0.3, -0.25) is 14.8 Å². The molecule has 1 aromatic carbocycles. The van der Waals surface area contributed by atoms with Crippen LogP contribution < -0.4 is 15.8 Å². The number of carbonyl (C=O) groups is 1. The fraction of sp³-hybridized carbons (Fsp3) is 0.333. The number of carbonyl (C=O) groups excluding carboxylic acids is 1. The highest BCUT2D eigenvalue weighted by Crippen LogP contribution is 2.31. The van der Waals surface area contributed by atoms with Crippen LogP contribution in [-0.4, -0.2) is 42.2 Å². The van der Waals surface area contributed by atoms with E-state index >= 15 is 0 Å². The molecule has 0 saturated heterocycles. The lowest BCUT2D eigenvalue weighted by molar-refractivity contribution is -0.128. The third-order valence-corrected chi connectivity index (χ3v) is 6.11. The second kappa shape index (κ2) is 7.72. The lowest BCUT2D eigenvalue weighted by Crippen LogP contribution is -2.39. The molecule has 0 spiro atoms. The first-order valence-electron chi connectivity index (χ1n) is 8.49. The molecule has 150 valence electrons. The van der Waals surface area contributed by atoms with Gasteiger partial charge in [0, 0.05) is 37.0 Å². The van der Waals surface area contributed by atoms with E-state index in [1.165, 1.54) is 5.48 Å². The van der Waals surface area contributed by atoms with Crippen LogP contribution >= 0.6 is 0 Å². The summed E-state index contributed by atoms with van der Waals surface area (Å²) < 4.78 is 44.4. The monoisotopic (exact) mass is 410 g/mol. The Bertz CT molecular complexity index is 1080. The van der Waals surface area contributed by atoms with Gasteiger partial charge in [-0.05, 0) is 29.7 Å². The van der Waals surface area contributed by atoms with E-state index in [0.717, 1.165) is 34.4 Å². The quantitative estimate of drug-likeness (QED) is 0.540. The van der Waals surface area contributed by atoms with Gasteiger partial charge in [0.15, 0.2) is 9.84 Å². The number of sulfone groups is 1. The van der Waals surface area contributed by atoms with Crippen LogP contribution in [0.1, 0.15) is 12.0 Å². The Labute approximate surface area is 160 Å². The summed E-state index contributed by atoms with van der Waals surface area (Å²) in [4.78, 5) is 23.9. The molecule has 1 amide bonds. The third kappa shape index (κ3) is 4.07. The highest BCUT2D eigenvalue weighted by molar-refractivity contribution is 7.92. The van der Waals surface area contributed by atoms with Crippen molar-refractivity contribution >= 4 is 15.7 Å². The summed E-state index contributed by atoms with van der Waals surface area (Å²) in [5, 5.41) is 7.14. The van der Waals surface area contributed by atoms with Gasteiger partial charge in [-0.25, -0.2) is 18.3 Å². The zero-order valence-electron chi connectivity index (χ0n) is 15.0. The number of pyridine rings is 1. The first kappa shape index (κ1) is 20.0. The number of fused-ring (bicyclic) bond motifs is 1. The number of hydrogen-bond donors (Lipinski definition) is 2. The zero-order chi connectivity index (χ0) is 20.5. The van der Waals surface area contributed by atoms with E-state index in [1.807, 2.05) is 0 Å². The molecule has 1 aromatic heterocycles. The largest absolute Gasteiger partial charge is 0.493 e. The van der Waals surface area contributed by atoms with Gasteiger partial charge in [0.25, 0.3) is 11.5 Å². The van der Waals surface area contributed by atoms with Crippen LogP contribution in [0.4, 0.5) is 4.39 Å². The molecule has 10 heteroatoms. The standard InChI is InChI=1S/C18H19FN2O6S/c1-28(25,26)16(18(23)20-24)4-6-21-10-14(19)13(9-17(21)22)11-2-3-15-12(8-11)5-7-27-15/h2-3,8-10,16,24H,4-7H2,1H3,(H,20,23). The molecule has 0 aliphatic carbocycles. The van der Waals surface area contributed by atoms with Gasteiger partial charge in [0.2, 0.25) is 0 Å². The molecule has 1 atom stereocenters. The minimum absolute atomic E-state index is 0.128. The maximum Gasteiger partial charge on any atom is 0.261 e. The molecule has 2 N–H and O–H groups in total. The summed E-state index contributed by atoms with van der Waals surface area (Å²) in [5.41, 5.74) is 2.36. The van der Waals surface area contributed by atoms with Crippen molar-refractivity contribution in [1.82, 2.24) is 10.0 Å². The Hall–Kier alpha value is -2.72. The van der Waals surface area contributed by atoms with Crippen molar-refractivity contribution in [2.75, 3.05) is 12.9 Å². The van der Waals surface area contributed by atoms with Crippen molar-refractivity contribution in [3.63, 3.8) is 0 Å². The van der Waals surface area contributed by atoms with E-state index in [-0.39, 0.29) is 18.5 Å². The topological polar surface area (TPSA) is 115 Å². The number of aromatic nitrogens is 1. The maximum absolute atomic E-state index is 14.6.